The van der Waals surface area contributed by atoms with Crippen LogP contribution in [0, 0.1) is 14.6 Å². The second-order valence-electron chi connectivity index (χ2n) is 6.95. The monoisotopic (exact) mass is 440 g/mol. The first-order valence-electron chi connectivity index (χ1n) is 9.62. The van der Waals surface area contributed by atoms with E-state index in [1.807, 2.05) is 36.4 Å². The first kappa shape index (κ1) is 20.3. The third-order valence-corrected chi connectivity index (χ3v) is 6.24. The van der Waals surface area contributed by atoms with Crippen molar-refractivity contribution in [2.45, 2.75) is 32.2 Å². The molecular formula is C22H20N2O4S2. The molecule has 8 heteroatoms. The lowest BCUT2D eigenvalue weighted by Crippen LogP contribution is -2.05. The number of fused-ring (bicyclic) bond motifs is 1. The average Bonchev–Trinajstić information content (AvgIpc) is 3.43. The van der Waals surface area contributed by atoms with Crippen molar-refractivity contribution in [1.29, 1.82) is 0 Å². The fraction of sp³-hybridized carbons (Fsp3) is 0.227. The number of carbonyl (C=O) groups is 1. The zero-order valence-electron chi connectivity index (χ0n) is 16.1. The minimum absolute atomic E-state index is 0.112. The number of unbranched alkanes of at least 4 members (excludes halogenated alkanes) is 2. The summed E-state index contributed by atoms with van der Waals surface area (Å²) in [5.74, 6) is -0.675. The van der Waals surface area contributed by atoms with Gasteiger partial charge in [-0.1, -0.05) is 18.6 Å². The molecule has 1 aliphatic heterocycles. The fourth-order valence-corrected chi connectivity index (χ4v) is 4.66. The number of hydrogen-bond donors (Lipinski definition) is 2. The predicted molar refractivity (Wildman–Crippen MR) is 117 cm³/mol. The molecule has 0 unspecified atom stereocenters. The number of rotatable bonds is 7. The van der Waals surface area contributed by atoms with Crippen LogP contribution in [-0.4, -0.2) is 20.7 Å². The molecule has 30 heavy (non-hydrogen) atoms. The molecule has 0 aliphatic carbocycles. The molecule has 0 radical (unpaired) electrons. The molecule has 0 atom stereocenters. The normalized spacial score (nSPS) is 14.1. The van der Waals surface area contributed by atoms with Gasteiger partial charge in [0.05, 0.1) is 10.2 Å². The van der Waals surface area contributed by atoms with Crippen molar-refractivity contribution in [2.24, 2.45) is 4.99 Å². The Hall–Kier alpha value is -2.97. The van der Waals surface area contributed by atoms with E-state index in [0.717, 1.165) is 29.0 Å². The molecule has 1 aromatic carbocycles. The summed E-state index contributed by atoms with van der Waals surface area (Å²) in [5, 5.41) is 21.1. The molecule has 0 spiro atoms. The van der Waals surface area contributed by atoms with Crippen molar-refractivity contribution in [3.05, 3.63) is 72.3 Å². The summed E-state index contributed by atoms with van der Waals surface area (Å²) in [6.07, 6.45) is 7.82. The molecule has 0 saturated carbocycles. The van der Waals surface area contributed by atoms with Crippen LogP contribution in [-0.2, 0) is 11.3 Å². The van der Waals surface area contributed by atoms with Gasteiger partial charge >= 0.3 is 5.97 Å². The third kappa shape index (κ3) is 4.29. The first-order valence-corrected chi connectivity index (χ1v) is 10.8. The molecule has 3 heterocycles. The number of carboxylic acids is 1. The Morgan fingerprint density at radius 3 is 2.93 bits per heavy atom. The maximum atomic E-state index is 10.6. The molecule has 4 rings (SSSR count). The lowest BCUT2D eigenvalue weighted by molar-refractivity contribution is -0.137. The number of para-hydroxylation sites is 1. The van der Waals surface area contributed by atoms with Crippen LogP contribution in [0.2, 0.25) is 0 Å². The lowest BCUT2D eigenvalue weighted by atomic mass is 10.2. The maximum Gasteiger partial charge on any atom is 0.303 e. The number of thiazole rings is 1. The first-order chi connectivity index (χ1) is 14.5. The van der Waals surface area contributed by atoms with Gasteiger partial charge in [0.25, 0.3) is 0 Å². The number of benzene rings is 1. The highest BCUT2D eigenvalue weighted by Crippen LogP contribution is 2.27. The standard InChI is InChI=1S/C22H20N2O4S2/c25-19(26)7-2-1-3-12-24-21(27)18(30-22(24)29)13-15-8-9-17(28-15)16-6-4-5-14-10-11-23-20(14)16/h4-6,8-11,13,27H,1-3,7,12H2,(H,25,26). The van der Waals surface area contributed by atoms with Gasteiger partial charge in [0.1, 0.15) is 10.8 Å². The van der Waals surface area contributed by atoms with E-state index in [0.29, 0.717) is 32.6 Å². The highest BCUT2D eigenvalue weighted by Gasteiger charge is 2.10. The van der Waals surface area contributed by atoms with Crippen molar-refractivity contribution < 1.29 is 19.4 Å². The summed E-state index contributed by atoms with van der Waals surface area (Å²) in [5.41, 5.74) is 2.39. The van der Waals surface area contributed by atoms with E-state index < -0.39 is 5.97 Å². The van der Waals surface area contributed by atoms with Crippen LogP contribution >= 0.6 is 23.6 Å². The zero-order chi connectivity index (χ0) is 21.1. The molecule has 0 amide bonds. The lowest BCUT2D eigenvalue weighted by Gasteiger charge is -2.04. The van der Waals surface area contributed by atoms with E-state index in [1.54, 1.807) is 16.8 Å². The Labute approximate surface area is 181 Å². The quantitative estimate of drug-likeness (QED) is 0.429. The fourth-order valence-electron chi connectivity index (χ4n) is 3.36. The van der Waals surface area contributed by atoms with Gasteiger partial charge in [-0.2, -0.15) is 0 Å². The van der Waals surface area contributed by atoms with Crippen LogP contribution in [0.1, 0.15) is 36.1 Å². The Balaban J connectivity index is 1.60. The minimum Gasteiger partial charge on any atom is -0.493 e. The number of nitrogens with zero attached hydrogens (tertiary/aromatic N) is 2. The number of furan rings is 1. The van der Waals surface area contributed by atoms with Crippen LogP contribution < -0.4 is 10.8 Å². The SMILES string of the molecule is O=C(O)CCCCCn1c(O)c(C=c2ccc(=c3cccc4c3=NC=C4)o2)sc1=S. The highest BCUT2D eigenvalue weighted by atomic mass is 32.1. The summed E-state index contributed by atoms with van der Waals surface area (Å²) in [6.45, 7) is 0.558. The average molecular weight is 441 g/mol. The van der Waals surface area contributed by atoms with Gasteiger partial charge in [-0.3, -0.25) is 14.4 Å². The van der Waals surface area contributed by atoms with Crippen molar-refractivity contribution in [1.82, 2.24) is 4.57 Å². The molecule has 6 nitrogen and oxygen atoms in total. The van der Waals surface area contributed by atoms with E-state index in [2.05, 4.69) is 4.99 Å². The minimum atomic E-state index is -0.787. The van der Waals surface area contributed by atoms with Gasteiger partial charge in [0.15, 0.2) is 3.95 Å². The summed E-state index contributed by atoms with van der Waals surface area (Å²) >= 11 is 6.71. The van der Waals surface area contributed by atoms with Crippen LogP contribution in [0.15, 0.2) is 45.9 Å². The van der Waals surface area contributed by atoms with E-state index in [-0.39, 0.29) is 12.3 Å². The second-order valence-corrected chi connectivity index (χ2v) is 8.62. The predicted octanol–water partition coefficient (Wildman–Crippen LogP) is 3.94. The van der Waals surface area contributed by atoms with Crippen molar-refractivity contribution in [3.8, 4) is 5.88 Å². The van der Waals surface area contributed by atoms with Crippen LogP contribution in [0.3, 0.4) is 0 Å². The van der Waals surface area contributed by atoms with Gasteiger partial charge in [0, 0.05) is 36.0 Å². The van der Waals surface area contributed by atoms with Crippen molar-refractivity contribution in [3.63, 3.8) is 0 Å². The highest BCUT2D eigenvalue weighted by molar-refractivity contribution is 7.73. The Kier molecular flexibility index (Phi) is 5.96. The Morgan fingerprint density at radius 2 is 2.10 bits per heavy atom. The number of aromatic nitrogens is 1. The number of aromatic hydroxyl groups is 1. The van der Waals surface area contributed by atoms with Gasteiger partial charge < -0.3 is 14.6 Å². The van der Waals surface area contributed by atoms with Crippen LogP contribution in [0.25, 0.3) is 12.2 Å². The molecule has 3 aromatic rings. The van der Waals surface area contributed by atoms with Crippen LogP contribution in [0.5, 0.6) is 5.88 Å². The van der Waals surface area contributed by atoms with E-state index in [4.69, 9.17) is 21.7 Å². The van der Waals surface area contributed by atoms with Crippen molar-refractivity contribution >= 4 is 41.7 Å². The molecular weight excluding hydrogens is 420 g/mol. The van der Waals surface area contributed by atoms with Gasteiger partial charge in [-0.25, -0.2) is 0 Å². The molecule has 2 N–H and O–H groups in total. The molecule has 0 bridgehead atoms. The Bertz CT molecular complexity index is 1400. The molecule has 1 aliphatic rings. The summed E-state index contributed by atoms with van der Waals surface area (Å²) in [7, 11) is 0. The molecule has 0 saturated heterocycles. The topological polar surface area (TPSA) is 88.0 Å². The Morgan fingerprint density at radius 1 is 1.23 bits per heavy atom. The number of hydrogen-bond acceptors (Lipinski definition) is 6. The number of aliphatic carboxylic acids is 1. The molecule has 0 fully saturated rings. The van der Waals surface area contributed by atoms with Gasteiger partial charge in [-0.15, -0.1) is 11.3 Å². The van der Waals surface area contributed by atoms with Crippen molar-refractivity contribution in [2.75, 3.05) is 0 Å². The van der Waals surface area contributed by atoms with E-state index in [1.165, 1.54) is 11.3 Å². The van der Waals surface area contributed by atoms with Gasteiger partial charge in [-0.05, 0) is 49.3 Å². The summed E-state index contributed by atoms with van der Waals surface area (Å²) in [4.78, 5) is 15.6. The van der Waals surface area contributed by atoms with Gasteiger partial charge in [0.2, 0.25) is 5.88 Å². The maximum absolute atomic E-state index is 10.6. The van der Waals surface area contributed by atoms with Crippen LogP contribution in [0.4, 0.5) is 0 Å². The smallest absolute Gasteiger partial charge is 0.303 e. The summed E-state index contributed by atoms with van der Waals surface area (Å²) in [6, 6.07) is 9.71. The number of carboxylic acid groups (broad SMARTS) is 1. The second kappa shape index (κ2) is 8.81. The van der Waals surface area contributed by atoms with E-state index in [9.17, 15) is 9.90 Å². The summed E-state index contributed by atoms with van der Waals surface area (Å²) < 4.78 is 8.26. The molecule has 2 aromatic heterocycles. The van der Waals surface area contributed by atoms with E-state index >= 15 is 0 Å². The largest absolute Gasteiger partial charge is 0.493 e. The molecule has 154 valence electrons. The zero-order valence-corrected chi connectivity index (χ0v) is 17.7. The third-order valence-electron chi connectivity index (χ3n) is 4.86.